The second-order valence-corrected chi connectivity index (χ2v) is 3.08. The van der Waals surface area contributed by atoms with Crippen molar-refractivity contribution in [1.29, 1.82) is 0 Å². The fraction of sp³-hybridized carbons (Fsp3) is 1.00. The van der Waals surface area contributed by atoms with Gasteiger partial charge in [-0.3, -0.25) is 0 Å². The molecule has 0 spiro atoms. The lowest BCUT2D eigenvalue weighted by Crippen LogP contribution is -2.26. The van der Waals surface area contributed by atoms with Crippen LogP contribution in [0.4, 0.5) is 0 Å². The molecule has 1 aliphatic rings. The van der Waals surface area contributed by atoms with Crippen molar-refractivity contribution in [2.45, 2.75) is 32.4 Å². The van der Waals surface area contributed by atoms with E-state index in [2.05, 4.69) is 12.2 Å². The van der Waals surface area contributed by atoms with Crippen LogP contribution in [-0.4, -0.2) is 23.8 Å². The Morgan fingerprint density at radius 1 is 1.78 bits per heavy atom. The Labute approximate surface area is 56.3 Å². The summed E-state index contributed by atoms with van der Waals surface area (Å²) in [4.78, 5) is 0. The van der Waals surface area contributed by atoms with Crippen molar-refractivity contribution in [3.63, 3.8) is 0 Å². The molecule has 0 aromatic rings. The van der Waals surface area contributed by atoms with Crippen molar-refractivity contribution in [1.82, 2.24) is 5.32 Å². The zero-order chi connectivity index (χ0) is 6.85. The first kappa shape index (κ1) is 7.03. The van der Waals surface area contributed by atoms with Crippen LogP contribution in [0.1, 0.15) is 20.3 Å². The number of nitrogens with one attached hydrogen (secondary N) is 1. The molecule has 3 atom stereocenters. The van der Waals surface area contributed by atoms with Gasteiger partial charge >= 0.3 is 0 Å². The van der Waals surface area contributed by atoms with E-state index in [-0.39, 0.29) is 6.10 Å². The van der Waals surface area contributed by atoms with Gasteiger partial charge in [-0.25, -0.2) is 0 Å². The van der Waals surface area contributed by atoms with Gasteiger partial charge in [-0.1, -0.05) is 6.92 Å². The van der Waals surface area contributed by atoms with Crippen LogP contribution in [0.3, 0.4) is 0 Å². The van der Waals surface area contributed by atoms with Gasteiger partial charge in [-0.15, -0.1) is 0 Å². The number of aliphatic hydroxyl groups is 1. The average Bonchev–Trinajstić information content (AvgIpc) is 2.42. The second kappa shape index (κ2) is 2.67. The Morgan fingerprint density at radius 2 is 2.33 bits per heavy atom. The minimum Gasteiger partial charge on any atom is -0.392 e. The standard InChI is InChI=1S/C7H15NO/c1-5-3-7(5)8-4-6(2)9/h5-9H,3-4H2,1-2H3/t5?,6-,7?/m1/s1. The zero-order valence-corrected chi connectivity index (χ0v) is 6.09. The van der Waals surface area contributed by atoms with Crippen LogP contribution in [0.15, 0.2) is 0 Å². The maximum Gasteiger partial charge on any atom is 0.0636 e. The van der Waals surface area contributed by atoms with Gasteiger partial charge < -0.3 is 10.4 Å². The van der Waals surface area contributed by atoms with Crippen LogP contribution >= 0.6 is 0 Å². The summed E-state index contributed by atoms with van der Waals surface area (Å²) in [7, 11) is 0. The van der Waals surface area contributed by atoms with E-state index in [0.717, 1.165) is 12.5 Å². The van der Waals surface area contributed by atoms with Gasteiger partial charge in [0.15, 0.2) is 0 Å². The van der Waals surface area contributed by atoms with Crippen LogP contribution in [0.25, 0.3) is 0 Å². The molecule has 54 valence electrons. The summed E-state index contributed by atoms with van der Waals surface area (Å²) in [5.41, 5.74) is 0. The monoisotopic (exact) mass is 129 g/mol. The maximum atomic E-state index is 8.85. The fourth-order valence-corrected chi connectivity index (χ4v) is 0.928. The van der Waals surface area contributed by atoms with Crippen molar-refractivity contribution < 1.29 is 5.11 Å². The number of hydrogen-bond acceptors (Lipinski definition) is 2. The lowest BCUT2D eigenvalue weighted by Gasteiger charge is -2.04. The van der Waals surface area contributed by atoms with E-state index < -0.39 is 0 Å². The number of hydrogen-bond donors (Lipinski definition) is 2. The van der Waals surface area contributed by atoms with Gasteiger partial charge in [0.25, 0.3) is 0 Å². The molecule has 1 aliphatic carbocycles. The third kappa shape index (κ3) is 2.33. The van der Waals surface area contributed by atoms with Crippen molar-refractivity contribution >= 4 is 0 Å². The number of rotatable bonds is 3. The van der Waals surface area contributed by atoms with Crippen LogP contribution in [0, 0.1) is 5.92 Å². The van der Waals surface area contributed by atoms with E-state index in [1.807, 2.05) is 0 Å². The summed E-state index contributed by atoms with van der Waals surface area (Å²) in [5.74, 6) is 0.837. The van der Waals surface area contributed by atoms with Gasteiger partial charge in [0, 0.05) is 12.6 Å². The molecule has 0 amide bonds. The van der Waals surface area contributed by atoms with Gasteiger partial charge in [-0.2, -0.15) is 0 Å². The summed E-state index contributed by atoms with van der Waals surface area (Å²) in [6, 6.07) is 0.694. The molecule has 0 aromatic heterocycles. The first-order valence-corrected chi connectivity index (χ1v) is 3.61. The van der Waals surface area contributed by atoms with Gasteiger partial charge in [0.1, 0.15) is 0 Å². The fourth-order valence-electron chi connectivity index (χ4n) is 0.928. The molecule has 0 radical (unpaired) electrons. The van der Waals surface area contributed by atoms with Gasteiger partial charge in [-0.05, 0) is 19.3 Å². The molecule has 0 saturated heterocycles. The molecule has 1 saturated carbocycles. The largest absolute Gasteiger partial charge is 0.392 e. The summed E-state index contributed by atoms with van der Waals surface area (Å²) >= 11 is 0. The molecular weight excluding hydrogens is 114 g/mol. The molecule has 2 unspecified atom stereocenters. The minimum absolute atomic E-state index is 0.196. The highest BCUT2D eigenvalue weighted by molar-refractivity contribution is 4.89. The molecule has 1 rings (SSSR count). The lowest BCUT2D eigenvalue weighted by molar-refractivity contribution is 0.190. The summed E-state index contributed by atoms with van der Waals surface area (Å²) in [5, 5.41) is 12.1. The average molecular weight is 129 g/mol. The Bertz CT molecular complexity index is 92.9. The predicted molar refractivity (Wildman–Crippen MR) is 37.3 cm³/mol. The summed E-state index contributed by atoms with van der Waals surface area (Å²) in [6.45, 7) is 4.77. The maximum absolute atomic E-state index is 8.85. The van der Waals surface area contributed by atoms with Crippen molar-refractivity contribution in [2.75, 3.05) is 6.54 Å². The molecular formula is C7H15NO. The van der Waals surface area contributed by atoms with E-state index in [9.17, 15) is 0 Å². The Morgan fingerprint density at radius 3 is 2.67 bits per heavy atom. The second-order valence-electron chi connectivity index (χ2n) is 3.08. The Hall–Kier alpha value is -0.0800. The molecule has 0 aromatic carbocycles. The van der Waals surface area contributed by atoms with Crippen LogP contribution in [0.5, 0.6) is 0 Å². The molecule has 9 heavy (non-hydrogen) atoms. The lowest BCUT2D eigenvalue weighted by atomic mass is 10.4. The number of aliphatic hydroxyl groups excluding tert-OH is 1. The zero-order valence-electron chi connectivity index (χ0n) is 6.09. The molecule has 0 bridgehead atoms. The first-order valence-electron chi connectivity index (χ1n) is 3.61. The highest BCUT2D eigenvalue weighted by Crippen LogP contribution is 2.28. The quantitative estimate of drug-likeness (QED) is 0.577. The normalized spacial score (nSPS) is 36.3. The van der Waals surface area contributed by atoms with Gasteiger partial charge in [0.2, 0.25) is 0 Å². The van der Waals surface area contributed by atoms with Crippen molar-refractivity contribution in [3.05, 3.63) is 0 Å². The highest BCUT2D eigenvalue weighted by atomic mass is 16.3. The van der Waals surface area contributed by atoms with E-state index >= 15 is 0 Å². The Kier molecular flexibility index (Phi) is 2.09. The third-order valence-corrected chi connectivity index (χ3v) is 1.78. The smallest absolute Gasteiger partial charge is 0.0636 e. The van der Waals surface area contributed by atoms with E-state index in [1.54, 1.807) is 6.92 Å². The topological polar surface area (TPSA) is 32.3 Å². The SMILES string of the molecule is CC1CC1NC[C@@H](C)O. The van der Waals surface area contributed by atoms with Crippen molar-refractivity contribution in [2.24, 2.45) is 5.92 Å². The molecule has 2 heteroatoms. The molecule has 2 N–H and O–H groups in total. The third-order valence-electron chi connectivity index (χ3n) is 1.78. The van der Waals surface area contributed by atoms with Crippen molar-refractivity contribution in [3.8, 4) is 0 Å². The van der Waals surface area contributed by atoms with E-state index in [4.69, 9.17) is 5.11 Å². The highest BCUT2D eigenvalue weighted by Gasteiger charge is 2.31. The first-order chi connectivity index (χ1) is 4.20. The molecule has 0 aliphatic heterocycles. The molecule has 0 heterocycles. The van der Waals surface area contributed by atoms with Crippen LogP contribution in [-0.2, 0) is 0 Å². The van der Waals surface area contributed by atoms with Crippen LogP contribution in [0.2, 0.25) is 0 Å². The van der Waals surface area contributed by atoms with Gasteiger partial charge in [0.05, 0.1) is 6.10 Å². The molecule has 2 nitrogen and oxygen atoms in total. The Balaban J connectivity index is 1.94. The van der Waals surface area contributed by atoms with Crippen LogP contribution < -0.4 is 5.32 Å². The summed E-state index contributed by atoms with van der Waals surface area (Å²) in [6.07, 6.45) is 1.09. The molecule has 1 fully saturated rings. The predicted octanol–water partition coefficient (Wildman–Crippen LogP) is 0.365. The van der Waals surface area contributed by atoms with E-state index in [0.29, 0.717) is 6.04 Å². The minimum atomic E-state index is -0.196. The summed E-state index contributed by atoms with van der Waals surface area (Å²) < 4.78 is 0. The van der Waals surface area contributed by atoms with E-state index in [1.165, 1.54) is 6.42 Å².